The minimum Gasteiger partial charge on any atom is -0.464 e. The lowest BCUT2D eigenvalue weighted by Crippen LogP contribution is -2.45. The molecule has 27 heavy (non-hydrogen) atoms. The van der Waals surface area contributed by atoms with Crippen molar-refractivity contribution in [2.24, 2.45) is 4.99 Å². The first kappa shape index (κ1) is 22.9. The first-order valence-electron chi connectivity index (χ1n) is 9.65. The maximum Gasteiger partial charge on any atom is 0.437 e. The maximum atomic E-state index is 12.2. The topological polar surface area (TPSA) is 97.3 Å². The number of aliphatic imine (C=N–C) groups is 1. The third kappa shape index (κ3) is 11.2. The Morgan fingerprint density at radius 2 is 1.67 bits per heavy atom. The molecule has 0 spiro atoms. The average Bonchev–Trinajstić information content (AvgIpc) is 2.53. The summed E-state index contributed by atoms with van der Waals surface area (Å²) >= 11 is 0. The van der Waals surface area contributed by atoms with Gasteiger partial charge in [0.25, 0.3) is 0 Å². The van der Waals surface area contributed by atoms with Gasteiger partial charge in [0.1, 0.15) is 12.1 Å². The molecule has 1 saturated heterocycles. The number of carbonyl (C=O) groups is 3. The smallest absolute Gasteiger partial charge is 0.437 e. The number of likely N-dealkylation sites (N-methyl/N-ethyl adjacent to an activating group) is 1. The highest BCUT2D eigenvalue weighted by Crippen LogP contribution is 2.10. The molecule has 1 aliphatic rings. The zero-order chi connectivity index (χ0) is 20.3. The number of rotatable bonds is 0. The molecule has 0 bridgehead atoms. The lowest BCUT2D eigenvalue weighted by molar-refractivity contribution is -0.144. The molecule has 1 heterocycles. The predicted octanol–water partition coefficient (Wildman–Crippen LogP) is 3.00. The molecule has 0 atom stereocenters. The fourth-order valence-corrected chi connectivity index (χ4v) is 2.54. The van der Waals surface area contributed by atoms with Crippen LogP contribution in [-0.2, 0) is 19.1 Å². The van der Waals surface area contributed by atoms with E-state index >= 15 is 0 Å². The number of carbonyl (C=O) groups excluding carboxylic acids is 3. The maximum absolute atomic E-state index is 12.2. The van der Waals surface area contributed by atoms with Gasteiger partial charge in [-0.1, -0.05) is 32.1 Å². The van der Waals surface area contributed by atoms with Crippen molar-refractivity contribution in [3.8, 4) is 0 Å². The number of esters is 1. The highest BCUT2D eigenvalue weighted by Gasteiger charge is 2.20. The first-order chi connectivity index (χ1) is 12.7. The Morgan fingerprint density at radius 3 is 2.30 bits per heavy atom. The van der Waals surface area contributed by atoms with Gasteiger partial charge in [0.15, 0.2) is 0 Å². The molecule has 8 nitrogen and oxygen atoms in total. The quantitative estimate of drug-likeness (QED) is 0.646. The Hall–Kier alpha value is -2.12. The van der Waals surface area contributed by atoms with Gasteiger partial charge in [0.05, 0.1) is 6.61 Å². The van der Waals surface area contributed by atoms with Crippen LogP contribution in [0.15, 0.2) is 4.99 Å². The van der Waals surface area contributed by atoms with Gasteiger partial charge in [0.2, 0.25) is 11.9 Å². The molecular weight excluding hydrogens is 350 g/mol. The molecule has 8 heteroatoms. The van der Waals surface area contributed by atoms with E-state index in [1.165, 1.54) is 4.90 Å². The Bertz CT molecular complexity index is 540. The summed E-state index contributed by atoms with van der Waals surface area (Å²) < 4.78 is 10.4. The molecule has 0 aromatic carbocycles. The Kier molecular flexibility index (Phi) is 9.82. The van der Waals surface area contributed by atoms with Gasteiger partial charge in [0, 0.05) is 13.5 Å². The second-order valence-corrected chi connectivity index (χ2v) is 7.77. The van der Waals surface area contributed by atoms with Crippen molar-refractivity contribution in [3.05, 3.63) is 0 Å². The van der Waals surface area contributed by atoms with Gasteiger partial charge in [-0.15, -0.1) is 4.99 Å². The van der Waals surface area contributed by atoms with E-state index in [9.17, 15) is 14.4 Å². The number of cyclic esters (lactones) is 1. The summed E-state index contributed by atoms with van der Waals surface area (Å²) in [4.78, 5) is 41.4. The van der Waals surface area contributed by atoms with E-state index in [2.05, 4.69) is 10.3 Å². The van der Waals surface area contributed by atoms with E-state index in [0.717, 1.165) is 44.9 Å². The van der Waals surface area contributed by atoms with Crippen LogP contribution in [0.25, 0.3) is 0 Å². The summed E-state index contributed by atoms with van der Waals surface area (Å²) in [7, 11) is 1.56. The summed E-state index contributed by atoms with van der Waals surface area (Å²) in [6, 6.07) is 0. The van der Waals surface area contributed by atoms with E-state index < -0.39 is 17.7 Å². The van der Waals surface area contributed by atoms with Crippen molar-refractivity contribution in [2.75, 3.05) is 20.2 Å². The van der Waals surface area contributed by atoms with Crippen molar-refractivity contribution in [1.29, 1.82) is 0 Å². The molecule has 0 aromatic rings. The normalized spacial score (nSPS) is 20.7. The Labute approximate surface area is 161 Å². The molecule has 1 aliphatic heterocycles. The van der Waals surface area contributed by atoms with Gasteiger partial charge in [-0.05, 0) is 33.6 Å². The second kappa shape index (κ2) is 11.6. The van der Waals surface area contributed by atoms with Crippen molar-refractivity contribution in [1.82, 2.24) is 10.2 Å². The van der Waals surface area contributed by atoms with Crippen LogP contribution in [0.3, 0.4) is 0 Å². The zero-order valence-electron chi connectivity index (χ0n) is 17.0. The van der Waals surface area contributed by atoms with Crippen molar-refractivity contribution in [3.63, 3.8) is 0 Å². The van der Waals surface area contributed by atoms with Crippen LogP contribution in [-0.4, -0.2) is 54.6 Å². The molecular formula is C19H33N3O5. The summed E-state index contributed by atoms with van der Waals surface area (Å²) in [5.41, 5.74) is -0.707. The van der Waals surface area contributed by atoms with E-state index in [0.29, 0.717) is 13.0 Å². The number of guanidine groups is 1. The number of nitrogens with zero attached hydrogens (tertiary/aromatic N) is 2. The molecule has 0 aromatic heterocycles. The highest BCUT2D eigenvalue weighted by atomic mass is 16.6. The van der Waals surface area contributed by atoms with E-state index in [1.807, 2.05) is 0 Å². The monoisotopic (exact) mass is 383 g/mol. The lowest BCUT2D eigenvalue weighted by atomic mass is 10.1. The highest BCUT2D eigenvalue weighted by molar-refractivity contribution is 6.01. The molecule has 1 rings (SSSR count). The van der Waals surface area contributed by atoms with Crippen molar-refractivity contribution in [2.45, 2.75) is 77.7 Å². The molecule has 1 fully saturated rings. The SMILES string of the molecule is CN1CC(=O)OCCCCCCCCCC(=O)NC1=NC(=O)OC(C)(C)C. The summed E-state index contributed by atoms with van der Waals surface area (Å²) in [5.74, 6) is -0.696. The molecule has 0 radical (unpaired) electrons. The fraction of sp³-hybridized carbons (Fsp3) is 0.789. The van der Waals surface area contributed by atoms with E-state index in [-0.39, 0.29) is 18.4 Å². The minimum atomic E-state index is -0.826. The number of amides is 2. The minimum absolute atomic E-state index is 0.0155. The van der Waals surface area contributed by atoms with Crippen LogP contribution in [0.2, 0.25) is 0 Å². The molecule has 154 valence electrons. The van der Waals surface area contributed by atoms with Gasteiger partial charge in [-0.25, -0.2) is 4.79 Å². The van der Waals surface area contributed by atoms with Crippen LogP contribution in [0.1, 0.15) is 72.1 Å². The van der Waals surface area contributed by atoms with E-state index in [4.69, 9.17) is 9.47 Å². The van der Waals surface area contributed by atoms with E-state index in [1.54, 1.807) is 27.8 Å². The van der Waals surface area contributed by atoms with Gasteiger partial charge < -0.3 is 14.4 Å². The fourth-order valence-electron chi connectivity index (χ4n) is 2.54. The number of hydrogen-bond donors (Lipinski definition) is 1. The largest absolute Gasteiger partial charge is 0.464 e. The summed E-state index contributed by atoms with van der Waals surface area (Å²) in [6.45, 7) is 5.43. The number of ether oxygens (including phenoxy) is 2. The van der Waals surface area contributed by atoms with Crippen LogP contribution in [0, 0.1) is 0 Å². The van der Waals surface area contributed by atoms with Gasteiger partial charge in [-0.2, -0.15) is 0 Å². The summed E-state index contributed by atoms with van der Waals surface area (Å²) in [5, 5.41) is 2.61. The lowest BCUT2D eigenvalue weighted by Gasteiger charge is -2.22. The molecule has 2 amide bonds. The Morgan fingerprint density at radius 1 is 1.07 bits per heavy atom. The number of nitrogens with one attached hydrogen (secondary N) is 1. The predicted molar refractivity (Wildman–Crippen MR) is 102 cm³/mol. The van der Waals surface area contributed by atoms with Crippen LogP contribution < -0.4 is 5.32 Å². The third-order valence-electron chi connectivity index (χ3n) is 3.88. The van der Waals surface area contributed by atoms with Crippen LogP contribution in [0.5, 0.6) is 0 Å². The number of hydrogen-bond acceptors (Lipinski definition) is 5. The third-order valence-corrected chi connectivity index (χ3v) is 3.88. The van der Waals surface area contributed by atoms with Gasteiger partial charge in [-0.3, -0.25) is 14.9 Å². The molecule has 1 N–H and O–H groups in total. The summed E-state index contributed by atoms with van der Waals surface area (Å²) in [6.07, 6.45) is 6.43. The van der Waals surface area contributed by atoms with Crippen LogP contribution >= 0.6 is 0 Å². The van der Waals surface area contributed by atoms with Gasteiger partial charge >= 0.3 is 12.1 Å². The second-order valence-electron chi connectivity index (χ2n) is 7.77. The standard InChI is InChI=1S/C19H33N3O5/c1-19(2,3)27-18(25)21-17-20-15(23)12-10-8-6-5-7-9-11-13-26-16(24)14-22(17)4/h5-14H2,1-4H3,(H,20,21,23,25). The average molecular weight is 383 g/mol. The van der Waals surface area contributed by atoms with Crippen LogP contribution in [0.4, 0.5) is 4.79 Å². The molecule has 0 unspecified atom stereocenters. The molecule has 0 saturated carbocycles. The Balaban J connectivity index is 2.84. The zero-order valence-corrected chi connectivity index (χ0v) is 17.0. The van der Waals surface area contributed by atoms with Crippen molar-refractivity contribution < 1.29 is 23.9 Å². The first-order valence-corrected chi connectivity index (χ1v) is 9.65. The van der Waals surface area contributed by atoms with Crippen molar-refractivity contribution >= 4 is 23.9 Å². The molecule has 0 aliphatic carbocycles.